The van der Waals surface area contributed by atoms with E-state index in [1.807, 2.05) is 19.9 Å². The molecular formula is C16H21N3O3S2. The molecule has 2 aromatic rings. The smallest absolute Gasteiger partial charge is 0.241 e. The van der Waals surface area contributed by atoms with Gasteiger partial charge in [-0.1, -0.05) is 62.4 Å². The van der Waals surface area contributed by atoms with Crippen LogP contribution in [0, 0.1) is 0 Å². The van der Waals surface area contributed by atoms with E-state index in [0.717, 1.165) is 11.4 Å². The Hall–Kier alpha value is -1.80. The number of carbonyl (C=O) groups excluding carboxylic acids is 1. The molecule has 130 valence electrons. The zero-order valence-electron chi connectivity index (χ0n) is 13.9. The van der Waals surface area contributed by atoms with E-state index < -0.39 is 21.5 Å². The summed E-state index contributed by atoms with van der Waals surface area (Å²) >= 11 is 1.27. The van der Waals surface area contributed by atoms with Gasteiger partial charge in [-0.3, -0.25) is 10.1 Å². The van der Waals surface area contributed by atoms with Crippen molar-refractivity contribution in [2.45, 2.75) is 38.4 Å². The van der Waals surface area contributed by atoms with Crippen molar-refractivity contribution in [1.29, 1.82) is 0 Å². The molecule has 8 heteroatoms. The van der Waals surface area contributed by atoms with Crippen molar-refractivity contribution in [2.75, 3.05) is 11.1 Å². The fourth-order valence-electron chi connectivity index (χ4n) is 1.93. The molecule has 0 atom stereocenters. The van der Waals surface area contributed by atoms with Gasteiger partial charge < -0.3 is 0 Å². The highest BCUT2D eigenvalue weighted by molar-refractivity contribution is 7.91. The van der Waals surface area contributed by atoms with Crippen molar-refractivity contribution in [3.63, 3.8) is 0 Å². The quantitative estimate of drug-likeness (QED) is 0.813. The molecule has 0 unspecified atom stereocenters. The molecule has 1 heterocycles. The van der Waals surface area contributed by atoms with Crippen molar-refractivity contribution in [1.82, 2.24) is 10.2 Å². The first-order valence-corrected chi connectivity index (χ1v) is 10.2. The number of carbonyl (C=O) groups is 1. The monoisotopic (exact) mass is 367 g/mol. The van der Waals surface area contributed by atoms with E-state index in [4.69, 9.17) is 0 Å². The van der Waals surface area contributed by atoms with Crippen molar-refractivity contribution in [3.8, 4) is 0 Å². The van der Waals surface area contributed by atoms with Gasteiger partial charge in [0.1, 0.15) is 10.8 Å². The van der Waals surface area contributed by atoms with Crippen molar-refractivity contribution in [2.24, 2.45) is 0 Å². The van der Waals surface area contributed by atoms with Gasteiger partial charge in [0, 0.05) is 5.41 Å². The summed E-state index contributed by atoms with van der Waals surface area (Å²) in [5.74, 6) is -1.33. The molecule has 0 saturated heterocycles. The van der Waals surface area contributed by atoms with Crippen molar-refractivity contribution in [3.05, 3.63) is 40.9 Å². The van der Waals surface area contributed by atoms with E-state index in [2.05, 4.69) is 22.4 Å². The zero-order chi connectivity index (χ0) is 17.8. The third-order valence-electron chi connectivity index (χ3n) is 3.71. The van der Waals surface area contributed by atoms with Gasteiger partial charge in [-0.2, -0.15) is 0 Å². The molecule has 0 saturated carbocycles. The molecule has 6 nitrogen and oxygen atoms in total. The summed E-state index contributed by atoms with van der Waals surface area (Å²) in [5, 5.41) is 11.7. The topological polar surface area (TPSA) is 89.0 Å². The number of nitrogens with one attached hydrogen (secondary N) is 1. The molecule has 2 rings (SSSR count). The predicted molar refractivity (Wildman–Crippen MR) is 95.8 cm³/mol. The lowest BCUT2D eigenvalue weighted by molar-refractivity contribution is -0.113. The highest BCUT2D eigenvalue weighted by atomic mass is 32.2. The Bertz CT molecular complexity index is 799. The molecule has 0 aliphatic carbocycles. The second kappa shape index (κ2) is 7.40. The van der Waals surface area contributed by atoms with Gasteiger partial charge in [0.2, 0.25) is 11.0 Å². The van der Waals surface area contributed by atoms with Gasteiger partial charge >= 0.3 is 0 Å². The number of nitrogens with zero attached hydrogens (tertiary/aromatic N) is 2. The molecule has 0 fully saturated rings. The molecule has 0 radical (unpaired) electrons. The van der Waals surface area contributed by atoms with E-state index in [1.54, 1.807) is 24.3 Å². The maximum absolute atomic E-state index is 12.1. The first kappa shape index (κ1) is 18.5. The van der Waals surface area contributed by atoms with Gasteiger partial charge in [0.15, 0.2) is 9.84 Å². The van der Waals surface area contributed by atoms with Crippen molar-refractivity contribution >= 4 is 32.2 Å². The largest absolute Gasteiger partial charge is 0.300 e. The molecule has 1 aromatic carbocycles. The van der Waals surface area contributed by atoms with E-state index >= 15 is 0 Å². The molecule has 1 amide bonds. The lowest BCUT2D eigenvalue weighted by Gasteiger charge is -2.17. The lowest BCUT2D eigenvalue weighted by atomic mass is 9.91. The van der Waals surface area contributed by atoms with E-state index in [1.165, 1.54) is 11.3 Å². The SMILES string of the molecule is CCC(C)(C)c1nnc(NC(=O)CS(=O)(=O)Cc2ccccc2)s1. The predicted octanol–water partition coefficient (Wildman–Crippen LogP) is 2.78. The lowest BCUT2D eigenvalue weighted by Crippen LogP contribution is -2.23. The second-order valence-corrected chi connectivity index (χ2v) is 9.26. The highest BCUT2D eigenvalue weighted by Crippen LogP contribution is 2.30. The van der Waals surface area contributed by atoms with Crippen LogP contribution in [0.3, 0.4) is 0 Å². The number of anilines is 1. The van der Waals surface area contributed by atoms with Crippen LogP contribution in [0.4, 0.5) is 5.13 Å². The average molecular weight is 367 g/mol. The van der Waals surface area contributed by atoms with Crippen LogP contribution in [0.5, 0.6) is 0 Å². The Labute approximate surface area is 146 Å². The summed E-state index contributed by atoms with van der Waals surface area (Å²) in [5.41, 5.74) is 0.535. The summed E-state index contributed by atoms with van der Waals surface area (Å²) < 4.78 is 24.2. The summed E-state index contributed by atoms with van der Waals surface area (Å²) in [6, 6.07) is 8.79. The Morgan fingerprint density at radius 2 is 1.88 bits per heavy atom. The maximum atomic E-state index is 12.1. The van der Waals surface area contributed by atoms with Crippen LogP contribution in [-0.4, -0.2) is 30.3 Å². The molecule has 1 N–H and O–H groups in total. The number of sulfone groups is 1. The third kappa shape index (κ3) is 5.10. The number of rotatable bonds is 7. The van der Waals surface area contributed by atoms with Gasteiger partial charge in [0.25, 0.3) is 0 Å². The van der Waals surface area contributed by atoms with Crippen LogP contribution in [0.1, 0.15) is 37.8 Å². The fourth-order valence-corrected chi connectivity index (χ4v) is 4.14. The minimum atomic E-state index is -3.54. The number of hydrogen-bond acceptors (Lipinski definition) is 6. The summed E-state index contributed by atoms with van der Waals surface area (Å²) in [6.07, 6.45) is 0.890. The fraction of sp³-hybridized carbons (Fsp3) is 0.438. The zero-order valence-corrected chi connectivity index (χ0v) is 15.6. The Morgan fingerprint density at radius 3 is 2.50 bits per heavy atom. The first-order chi connectivity index (χ1) is 11.2. The molecule has 0 bridgehead atoms. The van der Waals surface area contributed by atoms with E-state index in [-0.39, 0.29) is 11.2 Å². The molecule has 0 aliphatic rings. The van der Waals surface area contributed by atoms with Crippen LogP contribution in [0.2, 0.25) is 0 Å². The maximum Gasteiger partial charge on any atom is 0.241 e. The Balaban J connectivity index is 1.98. The standard InChI is InChI=1S/C16H21N3O3S2/c1-4-16(2,3)14-18-19-15(23-14)17-13(20)11-24(21,22)10-12-8-6-5-7-9-12/h5-9H,4,10-11H2,1-3H3,(H,17,19,20). The number of aromatic nitrogens is 2. The summed E-state index contributed by atoms with van der Waals surface area (Å²) in [4.78, 5) is 12.0. The molecule has 1 aromatic heterocycles. The molecule has 24 heavy (non-hydrogen) atoms. The van der Waals surface area contributed by atoms with Crippen molar-refractivity contribution < 1.29 is 13.2 Å². The van der Waals surface area contributed by atoms with Crippen LogP contribution in [0.25, 0.3) is 0 Å². The van der Waals surface area contributed by atoms with E-state index in [0.29, 0.717) is 10.7 Å². The Kier molecular flexibility index (Phi) is 5.71. The van der Waals surface area contributed by atoms with Crippen LogP contribution < -0.4 is 5.32 Å². The normalized spacial score (nSPS) is 12.1. The minimum absolute atomic E-state index is 0.125. The minimum Gasteiger partial charge on any atom is -0.300 e. The highest BCUT2D eigenvalue weighted by Gasteiger charge is 2.24. The number of amides is 1. The summed E-state index contributed by atoms with van der Waals surface area (Å²) in [7, 11) is -3.54. The van der Waals surface area contributed by atoms with Gasteiger partial charge in [-0.05, 0) is 12.0 Å². The second-order valence-electron chi connectivity index (χ2n) is 6.22. The Morgan fingerprint density at radius 1 is 1.21 bits per heavy atom. The molecule has 0 spiro atoms. The van der Waals surface area contributed by atoms with Crippen LogP contribution in [0.15, 0.2) is 30.3 Å². The van der Waals surface area contributed by atoms with Crippen LogP contribution >= 0.6 is 11.3 Å². The van der Waals surface area contributed by atoms with Gasteiger partial charge in [-0.15, -0.1) is 10.2 Å². The van der Waals surface area contributed by atoms with Gasteiger partial charge in [0.05, 0.1) is 5.75 Å². The van der Waals surface area contributed by atoms with Crippen LogP contribution in [-0.2, 0) is 25.8 Å². The average Bonchev–Trinajstić information content (AvgIpc) is 2.96. The number of benzene rings is 1. The summed E-state index contributed by atoms with van der Waals surface area (Å²) in [6.45, 7) is 6.14. The molecule has 0 aliphatic heterocycles. The third-order valence-corrected chi connectivity index (χ3v) is 6.39. The van der Waals surface area contributed by atoms with Gasteiger partial charge in [-0.25, -0.2) is 8.42 Å². The first-order valence-electron chi connectivity index (χ1n) is 7.60. The molecular weight excluding hydrogens is 346 g/mol. The van der Waals surface area contributed by atoms with E-state index in [9.17, 15) is 13.2 Å². The number of hydrogen-bond donors (Lipinski definition) is 1.